The summed E-state index contributed by atoms with van der Waals surface area (Å²) in [6.07, 6.45) is 1.79. The quantitative estimate of drug-likeness (QED) is 0.534. The molecule has 0 atom stereocenters. The summed E-state index contributed by atoms with van der Waals surface area (Å²) in [6, 6.07) is 12.2. The van der Waals surface area contributed by atoms with Gasteiger partial charge in [-0.05, 0) is 13.0 Å². The van der Waals surface area contributed by atoms with E-state index in [0.717, 1.165) is 27.3 Å². The van der Waals surface area contributed by atoms with Crippen LogP contribution in [0.3, 0.4) is 0 Å². The van der Waals surface area contributed by atoms with E-state index in [9.17, 15) is 0 Å². The van der Waals surface area contributed by atoms with Crippen molar-refractivity contribution in [1.29, 1.82) is 0 Å². The second-order valence-electron chi connectivity index (χ2n) is 4.28. The van der Waals surface area contributed by atoms with E-state index in [-0.39, 0.29) is 0 Å². The minimum absolute atomic E-state index is 0.798. The highest BCUT2D eigenvalue weighted by Gasteiger charge is 2.06. The highest BCUT2D eigenvalue weighted by Crippen LogP contribution is 2.26. The molecule has 0 saturated heterocycles. The van der Waals surface area contributed by atoms with Crippen LogP contribution in [0.15, 0.2) is 53.1 Å². The Hall–Kier alpha value is -1.72. The molecule has 0 fully saturated rings. The molecule has 0 aliphatic heterocycles. The third-order valence-corrected chi connectivity index (χ3v) is 4.53. The predicted octanol–water partition coefficient (Wildman–Crippen LogP) is 4.20. The van der Waals surface area contributed by atoms with Crippen molar-refractivity contribution in [1.82, 2.24) is 15.0 Å². The predicted molar refractivity (Wildman–Crippen MR) is 83.9 cm³/mol. The fourth-order valence-electron chi connectivity index (χ4n) is 1.72. The first kappa shape index (κ1) is 13.3. The van der Waals surface area contributed by atoms with Gasteiger partial charge in [-0.15, -0.1) is 11.3 Å². The summed E-state index contributed by atoms with van der Waals surface area (Å²) in [5, 5.41) is 3.97. The van der Waals surface area contributed by atoms with Crippen LogP contribution in [0.2, 0.25) is 0 Å². The van der Waals surface area contributed by atoms with E-state index in [1.165, 1.54) is 5.56 Å². The lowest BCUT2D eigenvalue weighted by molar-refractivity contribution is 0.931. The van der Waals surface area contributed by atoms with Crippen molar-refractivity contribution in [2.24, 2.45) is 0 Å². The van der Waals surface area contributed by atoms with Crippen LogP contribution in [0.25, 0.3) is 10.6 Å². The Balaban J connectivity index is 1.69. The standard InChI is InChI=1S/C15H13N3S2/c1-11-7-8-16-15(17-11)20-10-13-9-19-14(18-13)12-5-3-2-4-6-12/h2-9H,10H2,1H3. The number of hydrogen-bond donors (Lipinski definition) is 0. The number of thiazole rings is 1. The third kappa shape index (κ3) is 3.23. The van der Waals surface area contributed by atoms with Gasteiger partial charge in [-0.25, -0.2) is 15.0 Å². The van der Waals surface area contributed by atoms with Crippen molar-refractivity contribution >= 4 is 23.1 Å². The molecule has 2 heterocycles. The topological polar surface area (TPSA) is 38.7 Å². The number of thioether (sulfide) groups is 1. The van der Waals surface area contributed by atoms with Gasteiger partial charge in [0.1, 0.15) is 5.01 Å². The van der Waals surface area contributed by atoms with Gasteiger partial charge in [-0.1, -0.05) is 42.1 Å². The molecule has 20 heavy (non-hydrogen) atoms. The van der Waals surface area contributed by atoms with Crippen LogP contribution in [0, 0.1) is 6.92 Å². The van der Waals surface area contributed by atoms with Gasteiger partial charge in [0, 0.05) is 28.6 Å². The molecule has 0 unspecified atom stereocenters. The molecule has 2 aromatic heterocycles. The molecule has 0 bridgehead atoms. The monoisotopic (exact) mass is 299 g/mol. The van der Waals surface area contributed by atoms with Crippen molar-refractivity contribution in [3.8, 4) is 10.6 Å². The highest BCUT2D eigenvalue weighted by atomic mass is 32.2. The van der Waals surface area contributed by atoms with Crippen molar-refractivity contribution in [2.75, 3.05) is 0 Å². The van der Waals surface area contributed by atoms with Crippen molar-refractivity contribution in [3.05, 3.63) is 59.4 Å². The second kappa shape index (κ2) is 6.15. The minimum Gasteiger partial charge on any atom is -0.240 e. The van der Waals surface area contributed by atoms with E-state index in [4.69, 9.17) is 0 Å². The Morgan fingerprint density at radius 3 is 2.75 bits per heavy atom. The van der Waals surface area contributed by atoms with Crippen molar-refractivity contribution < 1.29 is 0 Å². The van der Waals surface area contributed by atoms with Crippen molar-refractivity contribution in [2.45, 2.75) is 17.8 Å². The molecule has 100 valence electrons. The SMILES string of the molecule is Cc1ccnc(SCc2csc(-c3ccccc3)n2)n1. The van der Waals surface area contributed by atoms with Crippen LogP contribution in [0.5, 0.6) is 0 Å². The first-order chi connectivity index (χ1) is 9.81. The Labute approximate surface area is 126 Å². The lowest BCUT2D eigenvalue weighted by Gasteiger charge is -1.98. The third-order valence-electron chi connectivity index (χ3n) is 2.69. The van der Waals surface area contributed by atoms with E-state index in [1.807, 2.05) is 31.2 Å². The zero-order chi connectivity index (χ0) is 13.8. The Morgan fingerprint density at radius 2 is 1.95 bits per heavy atom. The van der Waals surface area contributed by atoms with Crippen LogP contribution in [0.4, 0.5) is 0 Å². The van der Waals surface area contributed by atoms with E-state index in [0.29, 0.717) is 0 Å². The molecule has 3 aromatic rings. The molecule has 0 aliphatic carbocycles. The molecular weight excluding hydrogens is 286 g/mol. The van der Waals surface area contributed by atoms with Gasteiger partial charge in [0.25, 0.3) is 0 Å². The maximum Gasteiger partial charge on any atom is 0.188 e. The lowest BCUT2D eigenvalue weighted by Crippen LogP contribution is -1.89. The fraction of sp³-hybridized carbons (Fsp3) is 0.133. The number of benzene rings is 1. The van der Waals surface area contributed by atoms with Gasteiger partial charge >= 0.3 is 0 Å². The minimum atomic E-state index is 0.798. The van der Waals surface area contributed by atoms with E-state index < -0.39 is 0 Å². The number of nitrogens with zero attached hydrogens (tertiary/aromatic N) is 3. The maximum absolute atomic E-state index is 4.66. The molecule has 0 N–H and O–H groups in total. The van der Waals surface area contributed by atoms with Crippen LogP contribution in [0.1, 0.15) is 11.4 Å². The molecule has 0 aliphatic rings. The van der Waals surface area contributed by atoms with Gasteiger partial charge in [0.15, 0.2) is 5.16 Å². The second-order valence-corrected chi connectivity index (χ2v) is 6.08. The molecule has 3 rings (SSSR count). The maximum atomic E-state index is 4.66. The number of aryl methyl sites for hydroxylation is 1. The molecule has 3 nitrogen and oxygen atoms in total. The van der Waals surface area contributed by atoms with E-state index in [1.54, 1.807) is 29.3 Å². The summed E-state index contributed by atoms with van der Waals surface area (Å²) in [4.78, 5) is 13.3. The zero-order valence-corrected chi connectivity index (χ0v) is 12.6. The molecular formula is C15H13N3S2. The highest BCUT2D eigenvalue weighted by molar-refractivity contribution is 7.98. The van der Waals surface area contributed by atoms with Gasteiger partial charge in [-0.2, -0.15) is 0 Å². The molecule has 5 heteroatoms. The normalized spacial score (nSPS) is 10.7. The van der Waals surface area contributed by atoms with E-state index in [2.05, 4.69) is 32.5 Å². The molecule has 1 aromatic carbocycles. The van der Waals surface area contributed by atoms with Crippen molar-refractivity contribution in [3.63, 3.8) is 0 Å². The summed E-state index contributed by atoms with van der Waals surface area (Å²) in [5.41, 5.74) is 3.23. The van der Waals surface area contributed by atoms with Gasteiger partial charge in [-0.3, -0.25) is 0 Å². The summed E-state index contributed by atoms with van der Waals surface area (Å²) in [7, 11) is 0. The Bertz CT molecular complexity index is 695. The fourth-order valence-corrected chi connectivity index (χ4v) is 3.42. The van der Waals surface area contributed by atoms with Crippen LogP contribution in [-0.2, 0) is 5.75 Å². The average molecular weight is 299 g/mol. The zero-order valence-electron chi connectivity index (χ0n) is 11.0. The largest absolute Gasteiger partial charge is 0.240 e. The van der Waals surface area contributed by atoms with E-state index >= 15 is 0 Å². The average Bonchev–Trinajstić information content (AvgIpc) is 2.95. The Kier molecular flexibility index (Phi) is 4.08. The first-order valence-electron chi connectivity index (χ1n) is 6.23. The van der Waals surface area contributed by atoms with Crippen LogP contribution >= 0.6 is 23.1 Å². The Morgan fingerprint density at radius 1 is 1.10 bits per heavy atom. The number of rotatable bonds is 4. The number of aromatic nitrogens is 3. The molecule has 0 spiro atoms. The lowest BCUT2D eigenvalue weighted by atomic mass is 10.2. The van der Waals surface area contributed by atoms with Gasteiger partial charge in [0.05, 0.1) is 5.69 Å². The molecule has 0 saturated carbocycles. The summed E-state index contributed by atoms with van der Waals surface area (Å²) in [5.74, 6) is 0.798. The summed E-state index contributed by atoms with van der Waals surface area (Å²) < 4.78 is 0. The first-order valence-corrected chi connectivity index (χ1v) is 8.10. The van der Waals surface area contributed by atoms with Gasteiger partial charge in [0.2, 0.25) is 0 Å². The van der Waals surface area contributed by atoms with Gasteiger partial charge < -0.3 is 0 Å². The molecule has 0 amide bonds. The summed E-state index contributed by atoms with van der Waals surface area (Å²) in [6.45, 7) is 1.97. The summed E-state index contributed by atoms with van der Waals surface area (Å²) >= 11 is 3.29. The molecule has 0 radical (unpaired) electrons. The van der Waals surface area contributed by atoms with Crippen LogP contribution < -0.4 is 0 Å². The van der Waals surface area contributed by atoms with Crippen LogP contribution in [-0.4, -0.2) is 15.0 Å². The number of hydrogen-bond acceptors (Lipinski definition) is 5. The smallest absolute Gasteiger partial charge is 0.188 e.